The second-order valence-electron chi connectivity index (χ2n) is 8.23. The zero-order valence-corrected chi connectivity index (χ0v) is 17.5. The number of halogens is 1. The van der Waals surface area contributed by atoms with E-state index in [9.17, 15) is 5.11 Å². The summed E-state index contributed by atoms with van der Waals surface area (Å²) in [7, 11) is 3.25. The second kappa shape index (κ2) is 9.27. The summed E-state index contributed by atoms with van der Waals surface area (Å²) in [4.78, 5) is 4.93. The smallest absolute Gasteiger partial charge is 0.162 e. The van der Waals surface area contributed by atoms with Crippen LogP contribution in [0.4, 0.5) is 0 Å². The third-order valence-electron chi connectivity index (χ3n) is 4.78. The highest BCUT2D eigenvalue weighted by Crippen LogP contribution is 2.34. The SMILES string of the molecule is COc1cc(Cl)c(CN2CCN(CC(C)(C)C)C(CCO)C2)cc1OC. The molecular formula is C20H33ClN2O3. The van der Waals surface area contributed by atoms with Crippen molar-refractivity contribution in [3.8, 4) is 11.5 Å². The molecule has 1 aliphatic heterocycles. The fourth-order valence-corrected chi connectivity index (χ4v) is 3.81. The molecule has 1 heterocycles. The summed E-state index contributed by atoms with van der Waals surface area (Å²) in [5, 5.41) is 10.2. The largest absolute Gasteiger partial charge is 0.493 e. The van der Waals surface area contributed by atoms with Gasteiger partial charge in [0.05, 0.1) is 14.2 Å². The Bertz CT molecular complexity index is 589. The van der Waals surface area contributed by atoms with E-state index in [-0.39, 0.29) is 12.0 Å². The summed E-state index contributed by atoms with van der Waals surface area (Å²) in [6.45, 7) is 11.7. The van der Waals surface area contributed by atoms with Crippen LogP contribution in [0.25, 0.3) is 0 Å². The molecule has 26 heavy (non-hydrogen) atoms. The molecule has 0 amide bonds. The number of hydrogen-bond donors (Lipinski definition) is 1. The van der Waals surface area contributed by atoms with E-state index in [1.807, 2.05) is 12.1 Å². The molecule has 0 bridgehead atoms. The summed E-state index contributed by atoms with van der Waals surface area (Å²) < 4.78 is 10.7. The van der Waals surface area contributed by atoms with Gasteiger partial charge in [0.1, 0.15) is 0 Å². The Morgan fingerprint density at radius 1 is 1.15 bits per heavy atom. The summed E-state index contributed by atoms with van der Waals surface area (Å²) in [6, 6.07) is 4.15. The number of aliphatic hydroxyl groups is 1. The van der Waals surface area contributed by atoms with Gasteiger partial charge in [-0.15, -0.1) is 0 Å². The van der Waals surface area contributed by atoms with E-state index in [1.54, 1.807) is 14.2 Å². The minimum Gasteiger partial charge on any atom is -0.493 e. The van der Waals surface area contributed by atoms with Crippen LogP contribution < -0.4 is 9.47 Å². The third kappa shape index (κ3) is 5.74. The number of rotatable bonds is 7. The lowest BCUT2D eigenvalue weighted by molar-refractivity contribution is 0.0339. The Kier molecular flexibility index (Phi) is 7.59. The molecular weight excluding hydrogens is 352 g/mol. The van der Waals surface area contributed by atoms with Crippen molar-refractivity contribution in [2.45, 2.75) is 39.8 Å². The van der Waals surface area contributed by atoms with Crippen LogP contribution in [0.3, 0.4) is 0 Å². The van der Waals surface area contributed by atoms with Gasteiger partial charge in [0.2, 0.25) is 0 Å². The molecule has 1 N–H and O–H groups in total. The number of benzene rings is 1. The minimum atomic E-state index is 0.219. The third-order valence-corrected chi connectivity index (χ3v) is 5.13. The normalized spacial score (nSPS) is 19.6. The quantitative estimate of drug-likeness (QED) is 0.781. The van der Waals surface area contributed by atoms with Crippen molar-refractivity contribution in [3.05, 3.63) is 22.7 Å². The van der Waals surface area contributed by atoms with Crippen LogP contribution in [0.15, 0.2) is 12.1 Å². The highest BCUT2D eigenvalue weighted by Gasteiger charge is 2.29. The first-order valence-electron chi connectivity index (χ1n) is 9.25. The molecule has 0 spiro atoms. The van der Waals surface area contributed by atoms with Crippen molar-refractivity contribution in [2.75, 3.05) is 47.0 Å². The van der Waals surface area contributed by atoms with Gasteiger partial charge in [0, 0.05) is 56.5 Å². The van der Waals surface area contributed by atoms with Crippen LogP contribution in [-0.2, 0) is 6.54 Å². The van der Waals surface area contributed by atoms with E-state index < -0.39 is 0 Å². The van der Waals surface area contributed by atoms with Gasteiger partial charge in [0.25, 0.3) is 0 Å². The highest BCUT2D eigenvalue weighted by molar-refractivity contribution is 6.31. The number of hydrogen-bond acceptors (Lipinski definition) is 5. The molecule has 1 aliphatic rings. The zero-order valence-electron chi connectivity index (χ0n) is 16.7. The van der Waals surface area contributed by atoms with Crippen molar-refractivity contribution in [2.24, 2.45) is 5.41 Å². The van der Waals surface area contributed by atoms with Crippen LogP contribution in [0, 0.1) is 5.41 Å². The first kappa shape index (κ1) is 21.3. The minimum absolute atomic E-state index is 0.219. The van der Waals surface area contributed by atoms with Crippen molar-refractivity contribution in [1.29, 1.82) is 0 Å². The Morgan fingerprint density at radius 3 is 2.38 bits per heavy atom. The number of nitrogens with zero attached hydrogens (tertiary/aromatic N) is 2. The van der Waals surface area contributed by atoms with Gasteiger partial charge in [-0.25, -0.2) is 0 Å². The molecule has 0 radical (unpaired) electrons. The molecule has 1 atom stereocenters. The molecule has 5 nitrogen and oxygen atoms in total. The second-order valence-corrected chi connectivity index (χ2v) is 8.64. The number of ether oxygens (including phenoxy) is 2. The predicted molar refractivity (Wildman–Crippen MR) is 106 cm³/mol. The van der Waals surface area contributed by atoms with Crippen LogP contribution >= 0.6 is 11.6 Å². The van der Waals surface area contributed by atoms with E-state index in [1.165, 1.54) is 0 Å². The number of piperazine rings is 1. The van der Waals surface area contributed by atoms with Gasteiger partial charge >= 0.3 is 0 Å². The van der Waals surface area contributed by atoms with Crippen molar-refractivity contribution in [3.63, 3.8) is 0 Å². The van der Waals surface area contributed by atoms with Gasteiger partial charge in [-0.2, -0.15) is 0 Å². The predicted octanol–water partition coefficient (Wildman–Crippen LogP) is 3.27. The van der Waals surface area contributed by atoms with Gasteiger partial charge in [-0.3, -0.25) is 9.80 Å². The van der Waals surface area contributed by atoms with Crippen LogP contribution in [0.2, 0.25) is 5.02 Å². The van der Waals surface area contributed by atoms with E-state index in [2.05, 4.69) is 30.6 Å². The average Bonchev–Trinajstić information content (AvgIpc) is 2.57. The number of aliphatic hydroxyl groups excluding tert-OH is 1. The van der Waals surface area contributed by atoms with Crippen LogP contribution in [-0.4, -0.2) is 68.0 Å². The summed E-state index contributed by atoms with van der Waals surface area (Å²) in [5.74, 6) is 1.35. The molecule has 1 fully saturated rings. The lowest BCUT2D eigenvalue weighted by atomic mass is 9.94. The van der Waals surface area contributed by atoms with Crippen LogP contribution in [0.1, 0.15) is 32.8 Å². The molecule has 2 rings (SSSR count). The maximum absolute atomic E-state index is 9.48. The Labute approximate surface area is 162 Å². The zero-order chi connectivity index (χ0) is 19.3. The molecule has 0 aliphatic carbocycles. The van der Waals surface area contributed by atoms with E-state index in [0.717, 1.165) is 44.7 Å². The maximum atomic E-state index is 9.48. The van der Waals surface area contributed by atoms with Gasteiger partial charge in [-0.1, -0.05) is 32.4 Å². The Balaban J connectivity index is 2.09. The fourth-order valence-electron chi connectivity index (χ4n) is 3.60. The molecule has 148 valence electrons. The van der Waals surface area contributed by atoms with Crippen molar-refractivity contribution in [1.82, 2.24) is 9.80 Å². The maximum Gasteiger partial charge on any atom is 0.162 e. The molecule has 1 saturated heterocycles. The monoisotopic (exact) mass is 384 g/mol. The van der Waals surface area contributed by atoms with Crippen LogP contribution in [0.5, 0.6) is 11.5 Å². The molecule has 1 unspecified atom stereocenters. The average molecular weight is 385 g/mol. The first-order chi connectivity index (χ1) is 12.3. The highest BCUT2D eigenvalue weighted by atomic mass is 35.5. The molecule has 1 aromatic carbocycles. The molecule has 0 aromatic heterocycles. The van der Waals surface area contributed by atoms with Crippen molar-refractivity contribution < 1.29 is 14.6 Å². The fraction of sp³-hybridized carbons (Fsp3) is 0.700. The Hall–Kier alpha value is -1.01. The topological polar surface area (TPSA) is 45.2 Å². The van der Waals surface area contributed by atoms with Gasteiger partial charge in [-0.05, 0) is 23.5 Å². The molecule has 1 aromatic rings. The summed E-state index contributed by atoms with van der Waals surface area (Å²) in [6.07, 6.45) is 0.798. The molecule has 0 saturated carbocycles. The lowest BCUT2D eigenvalue weighted by Gasteiger charge is -2.44. The van der Waals surface area contributed by atoms with Crippen molar-refractivity contribution >= 4 is 11.6 Å². The molecule has 6 heteroatoms. The summed E-state index contributed by atoms with van der Waals surface area (Å²) in [5.41, 5.74) is 1.29. The van der Waals surface area contributed by atoms with Gasteiger partial charge < -0.3 is 14.6 Å². The van der Waals surface area contributed by atoms with Gasteiger partial charge in [0.15, 0.2) is 11.5 Å². The summed E-state index contributed by atoms with van der Waals surface area (Å²) >= 11 is 6.46. The first-order valence-corrected chi connectivity index (χ1v) is 9.63. The Morgan fingerprint density at radius 2 is 1.81 bits per heavy atom. The van der Waals surface area contributed by atoms with E-state index in [4.69, 9.17) is 21.1 Å². The number of methoxy groups -OCH3 is 2. The standard InChI is InChI=1S/C20H33ClN2O3/c1-20(2,3)14-23-8-7-22(13-16(23)6-9-24)12-15-10-18(25-4)19(26-5)11-17(15)21/h10-11,16,24H,6-9,12-14H2,1-5H3. The van der Waals surface area contributed by atoms with E-state index >= 15 is 0 Å². The van der Waals surface area contributed by atoms with E-state index in [0.29, 0.717) is 22.6 Å². The lowest BCUT2D eigenvalue weighted by Crippen LogP contribution is -2.54.